The van der Waals surface area contributed by atoms with Crippen LogP contribution in [0.3, 0.4) is 0 Å². The second kappa shape index (κ2) is 18.4. The van der Waals surface area contributed by atoms with E-state index in [2.05, 4.69) is 5.32 Å². The summed E-state index contributed by atoms with van der Waals surface area (Å²) in [5.74, 6) is -0.367. The summed E-state index contributed by atoms with van der Waals surface area (Å²) in [5, 5.41) is 109. The zero-order chi connectivity index (χ0) is 27.1. The van der Waals surface area contributed by atoms with E-state index in [0.29, 0.717) is 25.8 Å². The van der Waals surface area contributed by atoms with Crippen LogP contribution in [0.5, 0.6) is 0 Å². The van der Waals surface area contributed by atoms with E-state index < -0.39 is 74.7 Å². The predicted molar refractivity (Wildman–Crippen MR) is 122 cm³/mol. The molecule has 35 heavy (non-hydrogen) atoms. The van der Waals surface area contributed by atoms with Gasteiger partial charge in [-0.1, -0.05) is 13.3 Å². The first kappa shape index (κ1) is 34.1. The number of aliphatic hydroxyl groups excluding tert-OH is 11. The van der Waals surface area contributed by atoms with Crippen LogP contribution >= 0.6 is 0 Å². The molecule has 0 heterocycles. The standard InChI is InChI=1S/C21H44N2O12/c1-2-4-12(15(29)9-24)22-5-3-6-23(7-13(27)18(32)20(34)16(30)10-25)8-14(28)19(33)21(35)17(31)11-26/h12-14,16-22,24-28,30-35H,2-11H2,1H3/t12-,13-,14-,16+,17+,18+,19+,20+,21+/m0/s1. The summed E-state index contributed by atoms with van der Waals surface area (Å²) in [4.78, 5) is 13.2. The molecular weight excluding hydrogens is 472 g/mol. The third-order valence-corrected chi connectivity index (χ3v) is 5.71. The lowest BCUT2D eigenvalue weighted by molar-refractivity contribution is -0.130. The van der Waals surface area contributed by atoms with Gasteiger partial charge in [-0.25, -0.2) is 0 Å². The van der Waals surface area contributed by atoms with Crippen LogP contribution in [0.2, 0.25) is 0 Å². The number of aliphatic hydroxyl groups is 11. The first-order valence-electron chi connectivity index (χ1n) is 11.7. The Bertz CT molecular complexity index is 530. The van der Waals surface area contributed by atoms with Gasteiger partial charge in [-0.05, 0) is 25.9 Å². The van der Waals surface area contributed by atoms with E-state index in [4.69, 9.17) is 15.3 Å². The number of nitrogens with zero attached hydrogens (tertiary/aromatic N) is 1. The molecule has 0 amide bonds. The highest BCUT2D eigenvalue weighted by atomic mass is 16.4. The molecule has 0 aromatic rings. The highest BCUT2D eigenvalue weighted by molar-refractivity contribution is 5.84. The van der Waals surface area contributed by atoms with Crippen molar-refractivity contribution in [3.63, 3.8) is 0 Å². The average Bonchev–Trinajstić information content (AvgIpc) is 2.86. The largest absolute Gasteiger partial charge is 0.394 e. The van der Waals surface area contributed by atoms with Crippen LogP contribution in [0.25, 0.3) is 0 Å². The minimum Gasteiger partial charge on any atom is -0.394 e. The first-order chi connectivity index (χ1) is 16.4. The fraction of sp³-hybridized carbons (Fsp3) is 0.952. The molecule has 0 radical (unpaired) electrons. The van der Waals surface area contributed by atoms with Crippen LogP contribution in [0.15, 0.2) is 0 Å². The molecule has 0 bridgehead atoms. The molecule has 14 nitrogen and oxygen atoms in total. The summed E-state index contributed by atoms with van der Waals surface area (Å²) < 4.78 is 0. The van der Waals surface area contributed by atoms with Crippen LogP contribution in [-0.2, 0) is 4.79 Å². The van der Waals surface area contributed by atoms with Gasteiger partial charge in [0, 0.05) is 13.1 Å². The van der Waals surface area contributed by atoms with Crippen molar-refractivity contribution in [3.8, 4) is 0 Å². The molecule has 0 spiro atoms. The average molecular weight is 517 g/mol. The monoisotopic (exact) mass is 516 g/mol. The van der Waals surface area contributed by atoms with Crippen LogP contribution in [-0.4, -0.2) is 168 Å². The van der Waals surface area contributed by atoms with Gasteiger partial charge in [-0.3, -0.25) is 9.69 Å². The summed E-state index contributed by atoms with van der Waals surface area (Å²) >= 11 is 0. The molecule has 0 fully saturated rings. The predicted octanol–water partition coefficient (Wildman–Crippen LogP) is -6.13. The van der Waals surface area contributed by atoms with Gasteiger partial charge in [0.25, 0.3) is 0 Å². The van der Waals surface area contributed by atoms with Gasteiger partial charge in [-0.2, -0.15) is 0 Å². The molecule has 210 valence electrons. The molecule has 0 rings (SSSR count). The molecule has 0 aromatic carbocycles. The van der Waals surface area contributed by atoms with E-state index in [1.54, 1.807) is 0 Å². The van der Waals surface area contributed by atoms with Gasteiger partial charge in [-0.15, -0.1) is 0 Å². The highest BCUT2D eigenvalue weighted by Gasteiger charge is 2.34. The fourth-order valence-corrected chi connectivity index (χ4v) is 3.48. The second-order valence-electron chi connectivity index (χ2n) is 8.63. The molecule has 0 aliphatic rings. The lowest BCUT2D eigenvalue weighted by Crippen LogP contribution is -2.53. The van der Waals surface area contributed by atoms with Crippen molar-refractivity contribution in [1.29, 1.82) is 0 Å². The number of hydrogen-bond acceptors (Lipinski definition) is 14. The van der Waals surface area contributed by atoms with Crippen molar-refractivity contribution in [2.45, 2.75) is 81.1 Å². The van der Waals surface area contributed by atoms with Crippen molar-refractivity contribution in [3.05, 3.63) is 0 Å². The van der Waals surface area contributed by atoms with Crippen LogP contribution in [0.1, 0.15) is 26.2 Å². The van der Waals surface area contributed by atoms with E-state index in [1.807, 2.05) is 6.92 Å². The summed E-state index contributed by atoms with van der Waals surface area (Å²) in [6, 6.07) is -0.552. The van der Waals surface area contributed by atoms with Gasteiger partial charge in [0.1, 0.15) is 43.2 Å². The quantitative estimate of drug-likeness (QED) is 0.0634. The zero-order valence-corrected chi connectivity index (χ0v) is 20.0. The summed E-state index contributed by atoms with van der Waals surface area (Å²) in [6.45, 7) is -0.762. The van der Waals surface area contributed by atoms with Crippen molar-refractivity contribution >= 4 is 5.78 Å². The number of carbonyl (C=O) groups excluding carboxylic acids is 1. The van der Waals surface area contributed by atoms with Crippen molar-refractivity contribution in [1.82, 2.24) is 10.2 Å². The Morgan fingerprint density at radius 2 is 1.17 bits per heavy atom. The Morgan fingerprint density at radius 1 is 0.743 bits per heavy atom. The van der Waals surface area contributed by atoms with E-state index in [9.17, 15) is 45.6 Å². The molecule has 0 aromatic heterocycles. The van der Waals surface area contributed by atoms with Crippen LogP contribution < -0.4 is 5.32 Å². The van der Waals surface area contributed by atoms with E-state index >= 15 is 0 Å². The number of nitrogens with one attached hydrogen (secondary N) is 1. The molecule has 0 unspecified atom stereocenters. The Morgan fingerprint density at radius 3 is 1.54 bits per heavy atom. The topological polar surface area (TPSA) is 255 Å². The van der Waals surface area contributed by atoms with E-state index in [1.165, 1.54) is 4.90 Å². The lowest BCUT2D eigenvalue weighted by atomic mass is 10.0. The normalized spacial score (nSPS) is 20.0. The van der Waals surface area contributed by atoms with E-state index in [-0.39, 0.29) is 25.4 Å². The highest BCUT2D eigenvalue weighted by Crippen LogP contribution is 2.11. The van der Waals surface area contributed by atoms with Gasteiger partial charge < -0.3 is 61.5 Å². The van der Waals surface area contributed by atoms with Crippen LogP contribution in [0, 0.1) is 0 Å². The molecule has 0 aliphatic carbocycles. The molecule has 12 N–H and O–H groups in total. The maximum absolute atomic E-state index is 11.8. The Balaban J connectivity index is 5.22. The number of hydrogen-bond donors (Lipinski definition) is 12. The van der Waals surface area contributed by atoms with Crippen LogP contribution in [0.4, 0.5) is 0 Å². The van der Waals surface area contributed by atoms with E-state index in [0.717, 1.165) is 0 Å². The van der Waals surface area contributed by atoms with Gasteiger partial charge in [0.05, 0.1) is 31.5 Å². The summed E-state index contributed by atoms with van der Waals surface area (Å²) in [6.07, 6.45) is -12.6. The molecular formula is C21H44N2O12. The maximum atomic E-state index is 11.8. The molecule has 9 atom stereocenters. The lowest BCUT2D eigenvalue weighted by Gasteiger charge is -2.33. The summed E-state index contributed by atoms with van der Waals surface area (Å²) in [7, 11) is 0. The zero-order valence-electron chi connectivity index (χ0n) is 20.0. The number of ketones is 1. The minimum absolute atomic E-state index is 0.129. The first-order valence-corrected chi connectivity index (χ1v) is 11.7. The Kier molecular flexibility index (Phi) is 18.0. The van der Waals surface area contributed by atoms with Gasteiger partial charge >= 0.3 is 0 Å². The summed E-state index contributed by atoms with van der Waals surface area (Å²) in [5.41, 5.74) is 0. The number of carbonyl (C=O) groups is 1. The number of Topliss-reactive ketones (excluding diaryl/α,β-unsaturated/α-hetero) is 1. The minimum atomic E-state index is -1.87. The SMILES string of the molecule is CCC[C@H](NCCCN(C[C@H](O)[C@@H](O)[C@H](O)[C@H](O)CO)C[C@H](O)[C@@H](O)[C@H](O)[C@H](O)CO)C(=O)CO. The van der Waals surface area contributed by atoms with Crippen molar-refractivity contribution in [2.75, 3.05) is 46.0 Å². The third-order valence-electron chi connectivity index (χ3n) is 5.71. The second-order valence-corrected chi connectivity index (χ2v) is 8.63. The fourth-order valence-electron chi connectivity index (χ4n) is 3.48. The Labute approximate surface area is 204 Å². The molecule has 14 heteroatoms. The van der Waals surface area contributed by atoms with Crippen molar-refractivity contribution in [2.24, 2.45) is 0 Å². The van der Waals surface area contributed by atoms with Gasteiger partial charge in [0.2, 0.25) is 0 Å². The van der Waals surface area contributed by atoms with Crippen molar-refractivity contribution < 1.29 is 61.0 Å². The van der Waals surface area contributed by atoms with Gasteiger partial charge in [0.15, 0.2) is 5.78 Å². The number of rotatable bonds is 21. The molecule has 0 saturated heterocycles. The smallest absolute Gasteiger partial charge is 0.174 e. The third kappa shape index (κ3) is 12.3. The Hall–Kier alpha value is -0.850. The molecule has 0 aliphatic heterocycles. The maximum Gasteiger partial charge on any atom is 0.174 e. The molecule has 0 saturated carbocycles.